The van der Waals surface area contributed by atoms with E-state index >= 15 is 0 Å². The number of benzene rings is 3. The van der Waals surface area contributed by atoms with Crippen LogP contribution in [0.5, 0.6) is 0 Å². The van der Waals surface area contributed by atoms with Crippen LogP contribution in [0.2, 0.25) is 0 Å². The number of carbonyl (C=O) groups is 1. The molecule has 0 aromatic heterocycles. The molecule has 1 aliphatic carbocycles. The lowest BCUT2D eigenvalue weighted by Gasteiger charge is -2.43. The molecule has 0 fully saturated rings. The number of hydrogen-bond donors (Lipinski definition) is 1. The molecule has 1 aliphatic rings. The number of rotatable bonds is 8. The van der Waals surface area contributed by atoms with Crippen LogP contribution < -0.4 is 5.32 Å². The fourth-order valence-corrected chi connectivity index (χ4v) is 4.90. The van der Waals surface area contributed by atoms with Gasteiger partial charge in [0.25, 0.3) is 0 Å². The minimum atomic E-state index is -0.364. The van der Waals surface area contributed by atoms with Gasteiger partial charge in [-0.3, -0.25) is 4.99 Å². The number of aliphatic imine (C=N–C) groups is 1. The summed E-state index contributed by atoms with van der Waals surface area (Å²) in [6, 6.07) is 22.1. The van der Waals surface area contributed by atoms with E-state index in [1.165, 1.54) is 23.1 Å². The van der Waals surface area contributed by atoms with Crippen molar-refractivity contribution < 1.29 is 9.53 Å². The van der Waals surface area contributed by atoms with Crippen molar-refractivity contribution in [3.63, 3.8) is 0 Å². The molecular formula is C32H36N2O2. The molecule has 0 amide bonds. The number of hydrogen-bond acceptors (Lipinski definition) is 4. The first-order chi connectivity index (χ1) is 17.2. The Bertz CT molecular complexity index is 1260. The molecule has 0 saturated heterocycles. The Hall–Kier alpha value is -3.66. The monoisotopic (exact) mass is 480 g/mol. The van der Waals surface area contributed by atoms with Gasteiger partial charge in [-0.1, -0.05) is 82.8 Å². The molecule has 4 rings (SSSR count). The molecule has 0 heterocycles. The van der Waals surface area contributed by atoms with E-state index in [1.807, 2.05) is 24.4 Å². The highest BCUT2D eigenvalue weighted by Crippen LogP contribution is 2.49. The summed E-state index contributed by atoms with van der Waals surface area (Å²) in [5.41, 5.74) is 7.71. The number of esters is 1. The van der Waals surface area contributed by atoms with E-state index in [9.17, 15) is 4.79 Å². The first-order valence-corrected chi connectivity index (χ1v) is 12.6. The van der Waals surface area contributed by atoms with Crippen molar-refractivity contribution in [2.24, 2.45) is 4.99 Å². The summed E-state index contributed by atoms with van der Waals surface area (Å²) in [5, 5.41) is 3.77. The maximum absolute atomic E-state index is 12.1. The summed E-state index contributed by atoms with van der Waals surface area (Å²) in [4.78, 5) is 16.8. The number of fused-ring (bicyclic) bond motifs is 1. The van der Waals surface area contributed by atoms with Crippen molar-refractivity contribution in [2.45, 2.75) is 57.9 Å². The second-order valence-corrected chi connectivity index (χ2v) is 10.8. The van der Waals surface area contributed by atoms with Crippen molar-refractivity contribution in [3.8, 4) is 0 Å². The summed E-state index contributed by atoms with van der Waals surface area (Å²) >= 11 is 0. The molecule has 4 heteroatoms. The van der Waals surface area contributed by atoms with Crippen LogP contribution in [0.3, 0.4) is 0 Å². The molecule has 186 valence electrons. The molecule has 36 heavy (non-hydrogen) atoms. The molecule has 0 saturated carbocycles. The van der Waals surface area contributed by atoms with Gasteiger partial charge in [0.15, 0.2) is 0 Å². The Morgan fingerprint density at radius 2 is 1.67 bits per heavy atom. The Balaban J connectivity index is 1.69. The highest BCUT2D eigenvalue weighted by atomic mass is 16.5. The summed E-state index contributed by atoms with van der Waals surface area (Å²) in [6.07, 6.45) is 5.79. The van der Waals surface area contributed by atoms with E-state index in [1.54, 1.807) is 18.2 Å². The summed E-state index contributed by atoms with van der Waals surface area (Å²) < 4.78 is 5.11. The first kappa shape index (κ1) is 25.4. The van der Waals surface area contributed by atoms with Gasteiger partial charge in [-0.25, -0.2) is 4.79 Å². The second-order valence-electron chi connectivity index (χ2n) is 10.8. The largest absolute Gasteiger partial charge is 0.458 e. The van der Waals surface area contributed by atoms with Gasteiger partial charge in [-0.2, -0.15) is 0 Å². The van der Waals surface area contributed by atoms with Crippen molar-refractivity contribution in [1.82, 2.24) is 0 Å². The van der Waals surface area contributed by atoms with Crippen LogP contribution in [-0.4, -0.2) is 18.8 Å². The third-order valence-electron chi connectivity index (χ3n) is 7.12. The van der Waals surface area contributed by atoms with Crippen molar-refractivity contribution in [1.29, 1.82) is 0 Å². The number of anilines is 1. The van der Waals surface area contributed by atoms with Gasteiger partial charge >= 0.3 is 5.97 Å². The van der Waals surface area contributed by atoms with Gasteiger partial charge in [-0.05, 0) is 64.6 Å². The summed E-state index contributed by atoms with van der Waals surface area (Å²) in [5.74, 6) is -0.364. The van der Waals surface area contributed by atoms with Crippen LogP contribution in [-0.2, 0) is 22.1 Å². The van der Waals surface area contributed by atoms with E-state index in [0.29, 0.717) is 5.56 Å². The van der Waals surface area contributed by atoms with Crippen LogP contribution in [0.4, 0.5) is 11.4 Å². The Morgan fingerprint density at radius 1 is 0.972 bits per heavy atom. The van der Waals surface area contributed by atoms with Crippen LogP contribution >= 0.6 is 0 Å². The maximum atomic E-state index is 12.1. The Morgan fingerprint density at radius 3 is 2.36 bits per heavy atom. The van der Waals surface area contributed by atoms with Gasteiger partial charge in [0.2, 0.25) is 0 Å². The minimum absolute atomic E-state index is 0.0567. The minimum Gasteiger partial charge on any atom is -0.458 e. The maximum Gasteiger partial charge on any atom is 0.338 e. The molecule has 0 bridgehead atoms. The molecule has 0 aliphatic heterocycles. The molecule has 1 N–H and O–H groups in total. The van der Waals surface area contributed by atoms with Crippen LogP contribution in [0, 0.1) is 0 Å². The van der Waals surface area contributed by atoms with Gasteiger partial charge in [0.05, 0.1) is 11.3 Å². The van der Waals surface area contributed by atoms with Crippen LogP contribution in [0.25, 0.3) is 0 Å². The van der Waals surface area contributed by atoms with E-state index < -0.39 is 0 Å². The highest BCUT2D eigenvalue weighted by molar-refractivity contribution is 5.92. The van der Waals surface area contributed by atoms with E-state index in [4.69, 9.17) is 9.73 Å². The van der Waals surface area contributed by atoms with Crippen LogP contribution in [0.1, 0.15) is 73.1 Å². The third kappa shape index (κ3) is 5.59. The second kappa shape index (κ2) is 10.5. The van der Waals surface area contributed by atoms with E-state index in [2.05, 4.69) is 76.0 Å². The lowest BCUT2D eigenvalue weighted by atomic mass is 9.62. The quantitative estimate of drug-likeness (QED) is 0.204. The van der Waals surface area contributed by atoms with Crippen molar-refractivity contribution >= 4 is 23.6 Å². The molecule has 3 aromatic carbocycles. The normalized spacial score (nSPS) is 15.8. The number of carbonyl (C=O) groups excluding carboxylic acids is 1. The van der Waals surface area contributed by atoms with Gasteiger partial charge < -0.3 is 10.1 Å². The molecule has 3 aromatic rings. The average Bonchev–Trinajstić information content (AvgIpc) is 2.88. The standard InChI is InChI=1S/C32H36N2O2/c1-6-20-36-30(35)24-12-15-26(16-13-24)33-22-25-14-17-27-28(32(4,5)19-18-31(27,2)3)29(25)34-21-23-10-8-7-9-11-23/h6-17,22,34H,1,18-21H2,2-5H3. The topological polar surface area (TPSA) is 50.7 Å². The van der Waals surface area contributed by atoms with Crippen molar-refractivity contribution in [2.75, 3.05) is 11.9 Å². The lowest BCUT2D eigenvalue weighted by Crippen LogP contribution is -2.35. The summed E-state index contributed by atoms with van der Waals surface area (Å²) in [6.45, 7) is 13.9. The fourth-order valence-electron chi connectivity index (χ4n) is 4.90. The molecule has 0 atom stereocenters. The molecule has 0 radical (unpaired) electrons. The van der Waals surface area contributed by atoms with Gasteiger partial charge in [0, 0.05) is 24.0 Å². The van der Waals surface area contributed by atoms with Crippen LogP contribution in [0.15, 0.2) is 84.4 Å². The number of nitrogens with zero attached hydrogens (tertiary/aromatic N) is 1. The predicted molar refractivity (Wildman–Crippen MR) is 150 cm³/mol. The predicted octanol–water partition coefficient (Wildman–Crippen LogP) is 7.74. The van der Waals surface area contributed by atoms with Crippen molar-refractivity contribution in [3.05, 3.63) is 107 Å². The van der Waals surface area contributed by atoms with Gasteiger partial charge in [0.1, 0.15) is 6.61 Å². The lowest BCUT2D eigenvalue weighted by molar-refractivity contribution is 0.0550. The zero-order valence-corrected chi connectivity index (χ0v) is 21.8. The SMILES string of the molecule is C=CCOC(=O)c1ccc(N=Cc2ccc3c(c2NCc2ccccc2)C(C)(C)CCC3(C)C)cc1. The third-order valence-corrected chi connectivity index (χ3v) is 7.12. The highest BCUT2D eigenvalue weighted by Gasteiger charge is 2.39. The molecule has 0 unspecified atom stereocenters. The van der Waals surface area contributed by atoms with E-state index in [-0.39, 0.29) is 23.4 Å². The Kier molecular flexibility index (Phi) is 7.44. The zero-order chi connectivity index (χ0) is 25.8. The fraction of sp³-hybridized carbons (Fsp3) is 0.312. The molecule has 0 spiro atoms. The summed E-state index contributed by atoms with van der Waals surface area (Å²) in [7, 11) is 0. The van der Waals surface area contributed by atoms with E-state index in [0.717, 1.165) is 29.9 Å². The van der Waals surface area contributed by atoms with Gasteiger partial charge in [-0.15, -0.1) is 0 Å². The molecular weight excluding hydrogens is 444 g/mol. The Labute approximate surface area is 215 Å². The zero-order valence-electron chi connectivity index (χ0n) is 21.8. The average molecular weight is 481 g/mol. The smallest absolute Gasteiger partial charge is 0.338 e. The number of nitrogens with one attached hydrogen (secondary N) is 1. The molecule has 4 nitrogen and oxygen atoms in total. The first-order valence-electron chi connectivity index (χ1n) is 12.6. The number of ether oxygens (including phenoxy) is 1.